The molecule has 100 valence electrons. The quantitative estimate of drug-likeness (QED) is 0.706. The monoisotopic (exact) mass is 245 g/mol. The molecule has 18 heavy (non-hydrogen) atoms. The van der Waals surface area contributed by atoms with Gasteiger partial charge < -0.3 is 5.32 Å². The minimum atomic E-state index is 0.156. The molecular formula is C17H27N. The van der Waals surface area contributed by atoms with Gasteiger partial charge in [0.05, 0.1) is 0 Å². The van der Waals surface area contributed by atoms with E-state index in [1.807, 2.05) is 0 Å². The third-order valence-corrected chi connectivity index (χ3v) is 4.06. The molecule has 1 nitrogen and oxygen atoms in total. The van der Waals surface area contributed by atoms with Gasteiger partial charge in [-0.25, -0.2) is 0 Å². The number of nitrogens with one attached hydrogen (secondary N) is 1. The van der Waals surface area contributed by atoms with Gasteiger partial charge in [0.2, 0.25) is 0 Å². The Kier molecular flexibility index (Phi) is 5.61. The standard InChI is InChI=1S/C17H27N/c1-6-17(7-2,15-12-10-9-11-13-15)16(14(4)5)18-8-3/h9-13,16,18H,4,6-8H2,1-3,5H3. The Labute approximate surface area is 112 Å². The zero-order valence-corrected chi connectivity index (χ0v) is 12.3. The molecule has 1 atom stereocenters. The van der Waals surface area contributed by atoms with E-state index in [-0.39, 0.29) is 5.41 Å². The molecule has 1 unspecified atom stereocenters. The van der Waals surface area contributed by atoms with Crippen LogP contribution in [-0.2, 0) is 5.41 Å². The van der Waals surface area contributed by atoms with Crippen molar-refractivity contribution in [2.24, 2.45) is 0 Å². The topological polar surface area (TPSA) is 12.0 Å². The molecule has 0 aromatic heterocycles. The van der Waals surface area contributed by atoms with E-state index in [0.29, 0.717) is 6.04 Å². The van der Waals surface area contributed by atoms with Crippen LogP contribution in [0.25, 0.3) is 0 Å². The number of hydrogen-bond acceptors (Lipinski definition) is 1. The lowest BCUT2D eigenvalue weighted by Crippen LogP contribution is -2.48. The summed E-state index contributed by atoms with van der Waals surface area (Å²) in [6.45, 7) is 14.0. The summed E-state index contributed by atoms with van der Waals surface area (Å²) in [4.78, 5) is 0. The third kappa shape index (κ3) is 2.84. The zero-order valence-electron chi connectivity index (χ0n) is 12.3. The van der Waals surface area contributed by atoms with Gasteiger partial charge in [-0.1, -0.05) is 63.3 Å². The van der Waals surface area contributed by atoms with Crippen LogP contribution < -0.4 is 5.32 Å². The molecule has 0 fully saturated rings. The highest BCUT2D eigenvalue weighted by molar-refractivity contribution is 5.31. The summed E-state index contributed by atoms with van der Waals surface area (Å²) >= 11 is 0. The summed E-state index contributed by atoms with van der Waals surface area (Å²) in [5.41, 5.74) is 2.80. The molecule has 0 aliphatic carbocycles. The lowest BCUT2D eigenvalue weighted by Gasteiger charge is -2.41. The van der Waals surface area contributed by atoms with Crippen molar-refractivity contribution in [3.63, 3.8) is 0 Å². The maximum Gasteiger partial charge on any atom is 0.0371 e. The first-order valence-corrected chi connectivity index (χ1v) is 7.06. The fourth-order valence-corrected chi connectivity index (χ4v) is 3.05. The minimum absolute atomic E-state index is 0.156. The molecule has 0 saturated heterocycles. The summed E-state index contributed by atoms with van der Waals surface area (Å²) in [6, 6.07) is 11.2. The Morgan fingerprint density at radius 2 is 1.72 bits per heavy atom. The average Bonchev–Trinajstić information content (AvgIpc) is 2.40. The van der Waals surface area contributed by atoms with Gasteiger partial charge >= 0.3 is 0 Å². The van der Waals surface area contributed by atoms with Crippen LogP contribution in [0.5, 0.6) is 0 Å². The summed E-state index contributed by atoms with van der Waals surface area (Å²) in [6.07, 6.45) is 2.25. The molecule has 1 N–H and O–H groups in total. The van der Waals surface area contributed by atoms with Gasteiger partial charge in [0, 0.05) is 11.5 Å². The second-order valence-electron chi connectivity index (χ2n) is 5.07. The Bertz CT molecular complexity index is 362. The normalized spacial score (nSPS) is 13.3. The molecule has 0 radical (unpaired) electrons. The SMILES string of the molecule is C=C(C)C(NCC)C(CC)(CC)c1ccccc1. The fourth-order valence-electron chi connectivity index (χ4n) is 3.05. The Balaban J connectivity index is 3.24. The third-order valence-electron chi connectivity index (χ3n) is 4.06. The van der Waals surface area contributed by atoms with Gasteiger partial charge in [0.1, 0.15) is 0 Å². The molecule has 1 aromatic rings. The van der Waals surface area contributed by atoms with E-state index in [0.717, 1.165) is 19.4 Å². The van der Waals surface area contributed by atoms with Crippen molar-refractivity contribution in [2.75, 3.05) is 6.54 Å². The van der Waals surface area contributed by atoms with Crippen LogP contribution in [-0.4, -0.2) is 12.6 Å². The zero-order chi connectivity index (χ0) is 13.6. The highest BCUT2D eigenvalue weighted by atomic mass is 14.9. The van der Waals surface area contributed by atoms with E-state index < -0.39 is 0 Å². The van der Waals surface area contributed by atoms with E-state index in [4.69, 9.17) is 0 Å². The van der Waals surface area contributed by atoms with Gasteiger partial charge in [0.25, 0.3) is 0 Å². The molecule has 1 rings (SSSR count). The van der Waals surface area contributed by atoms with Gasteiger partial charge in [0.15, 0.2) is 0 Å². The Morgan fingerprint density at radius 3 is 2.11 bits per heavy atom. The van der Waals surface area contributed by atoms with Crippen LogP contribution in [0.3, 0.4) is 0 Å². The molecule has 0 bridgehead atoms. The van der Waals surface area contributed by atoms with Crippen molar-refractivity contribution in [1.82, 2.24) is 5.32 Å². The van der Waals surface area contributed by atoms with Crippen molar-refractivity contribution in [3.8, 4) is 0 Å². The maximum absolute atomic E-state index is 4.20. The van der Waals surface area contributed by atoms with E-state index in [1.165, 1.54) is 11.1 Å². The average molecular weight is 245 g/mol. The smallest absolute Gasteiger partial charge is 0.0371 e. The first-order chi connectivity index (χ1) is 8.62. The van der Waals surface area contributed by atoms with E-state index in [9.17, 15) is 0 Å². The Morgan fingerprint density at radius 1 is 1.17 bits per heavy atom. The fraction of sp³-hybridized carbons (Fsp3) is 0.529. The lowest BCUT2D eigenvalue weighted by atomic mass is 9.68. The van der Waals surface area contributed by atoms with Crippen molar-refractivity contribution < 1.29 is 0 Å². The predicted molar refractivity (Wildman–Crippen MR) is 81.0 cm³/mol. The van der Waals surface area contributed by atoms with Gasteiger partial charge in [-0.3, -0.25) is 0 Å². The highest BCUT2D eigenvalue weighted by Gasteiger charge is 2.37. The molecule has 0 aliphatic rings. The maximum atomic E-state index is 4.20. The highest BCUT2D eigenvalue weighted by Crippen LogP contribution is 2.37. The van der Waals surface area contributed by atoms with E-state index >= 15 is 0 Å². The summed E-state index contributed by atoms with van der Waals surface area (Å²) < 4.78 is 0. The largest absolute Gasteiger partial charge is 0.310 e. The van der Waals surface area contributed by atoms with Crippen LogP contribution >= 0.6 is 0 Å². The number of likely N-dealkylation sites (N-methyl/N-ethyl adjacent to an activating group) is 1. The summed E-state index contributed by atoms with van der Waals surface area (Å²) in [5, 5.41) is 3.62. The second kappa shape index (κ2) is 6.75. The number of rotatable bonds is 7. The van der Waals surface area contributed by atoms with E-state index in [1.54, 1.807) is 0 Å². The van der Waals surface area contributed by atoms with Crippen LogP contribution in [0.15, 0.2) is 42.5 Å². The molecule has 1 heteroatoms. The molecule has 0 heterocycles. The van der Waals surface area contributed by atoms with Crippen molar-refractivity contribution in [1.29, 1.82) is 0 Å². The number of benzene rings is 1. The van der Waals surface area contributed by atoms with Crippen molar-refractivity contribution >= 4 is 0 Å². The summed E-state index contributed by atoms with van der Waals surface area (Å²) in [7, 11) is 0. The molecule has 0 spiro atoms. The number of hydrogen-bond donors (Lipinski definition) is 1. The van der Waals surface area contributed by atoms with Gasteiger partial charge in [-0.05, 0) is 31.9 Å². The minimum Gasteiger partial charge on any atom is -0.310 e. The van der Waals surface area contributed by atoms with Crippen molar-refractivity contribution in [3.05, 3.63) is 48.0 Å². The lowest BCUT2D eigenvalue weighted by molar-refractivity contribution is 0.304. The molecule has 0 aliphatic heterocycles. The molecule has 1 aromatic carbocycles. The predicted octanol–water partition coefficient (Wildman–Crippen LogP) is 4.30. The van der Waals surface area contributed by atoms with Crippen LogP contribution in [0.2, 0.25) is 0 Å². The molecular weight excluding hydrogens is 218 g/mol. The first-order valence-electron chi connectivity index (χ1n) is 7.06. The van der Waals surface area contributed by atoms with Gasteiger partial charge in [-0.2, -0.15) is 0 Å². The Hall–Kier alpha value is -1.08. The van der Waals surface area contributed by atoms with Crippen LogP contribution in [0.4, 0.5) is 0 Å². The van der Waals surface area contributed by atoms with Crippen LogP contribution in [0.1, 0.15) is 46.1 Å². The van der Waals surface area contributed by atoms with Gasteiger partial charge in [-0.15, -0.1) is 0 Å². The molecule has 0 amide bonds. The summed E-state index contributed by atoms with van der Waals surface area (Å²) in [5.74, 6) is 0. The molecule has 0 saturated carbocycles. The van der Waals surface area contributed by atoms with Crippen molar-refractivity contribution in [2.45, 2.75) is 52.0 Å². The first kappa shape index (κ1) is 15.0. The second-order valence-corrected chi connectivity index (χ2v) is 5.07. The van der Waals surface area contributed by atoms with Crippen LogP contribution in [0, 0.1) is 0 Å². The van der Waals surface area contributed by atoms with E-state index in [2.05, 4.69) is 69.9 Å².